The third kappa shape index (κ3) is 5.85. The molecule has 0 unspecified atom stereocenters. The minimum atomic E-state index is -4.56. The lowest BCUT2D eigenvalue weighted by molar-refractivity contribution is -0.151. The Balaban J connectivity index is 1.35. The van der Waals surface area contributed by atoms with Gasteiger partial charge in [-0.15, -0.1) is 0 Å². The van der Waals surface area contributed by atoms with E-state index in [2.05, 4.69) is 15.6 Å². The van der Waals surface area contributed by atoms with Gasteiger partial charge in [-0.25, -0.2) is 12.8 Å². The zero-order valence-corrected chi connectivity index (χ0v) is 23.9. The number of benzene rings is 2. The molecular formula is C28H29F7N4O3S. The van der Waals surface area contributed by atoms with Crippen molar-refractivity contribution in [2.45, 2.75) is 80.4 Å². The van der Waals surface area contributed by atoms with Crippen LogP contribution in [0, 0.1) is 11.2 Å². The lowest BCUT2D eigenvalue weighted by Gasteiger charge is -2.72. The highest BCUT2D eigenvalue weighted by Gasteiger charge is 2.75. The second kappa shape index (κ2) is 10.2. The molecule has 2 N–H and O–H groups in total. The van der Waals surface area contributed by atoms with Crippen molar-refractivity contribution < 1.29 is 43.9 Å². The van der Waals surface area contributed by atoms with Gasteiger partial charge in [0.15, 0.2) is 0 Å². The van der Waals surface area contributed by atoms with E-state index in [1.165, 1.54) is 16.4 Å². The first-order valence-electron chi connectivity index (χ1n) is 13.4. The molecule has 4 aliphatic rings. The van der Waals surface area contributed by atoms with Crippen molar-refractivity contribution in [2.75, 3.05) is 6.54 Å². The van der Waals surface area contributed by atoms with Gasteiger partial charge in [0, 0.05) is 24.0 Å². The van der Waals surface area contributed by atoms with Crippen LogP contribution in [0.25, 0.3) is 0 Å². The van der Waals surface area contributed by atoms with Crippen molar-refractivity contribution in [1.82, 2.24) is 14.9 Å². The first-order chi connectivity index (χ1) is 19.8. The first kappa shape index (κ1) is 31.2. The summed E-state index contributed by atoms with van der Waals surface area (Å²) in [5.41, 5.74) is -3.05. The molecule has 1 atom stereocenters. The molecule has 3 fully saturated rings. The Morgan fingerprint density at radius 1 is 1.00 bits per heavy atom. The number of aliphatic imine (C=N–C) groups is 1. The molecule has 0 radical (unpaired) electrons. The normalized spacial score (nSPS) is 26.3. The smallest absolute Gasteiger partial charge is 0.360 e. The molecule has 234 valence electrons. The van der Waals surface area contributed by atoms with Crippen LogP contribution in [-0.2, 0) is 27.5 Å². The number of hydrogen-bond acceptors (Lipinski definition) is 5. The summed E-state index contributed by atoms with van der Waals surface area (Å²) in [5.74, 6) is -0.816. The zero-order chi connectivity index (χ0) is 31.6. The molecule has 0 spiro atoms. The van der Waals surface area contributed by atoms with Crippen LogP contribution < -0.4 is 10.6 Å². The van der Waals surface area contributed by atoms with Crippen molar-refractivity contribution in [3.8, 4) is 0 Å². The average molecular weight is 635 g/mol. The van der Waals surface area contributed by atoms with Gasteiger partial charge in [0.05, 0.1) is 22.4 Å². The largest absolute Gasteiger partial charge is 0.416 e. The Hall–Kier alpha value is -3.20. The van der Waals surface area contributed by atoms with Gasteiger partial charge in [-0.2, -0.15) is 30.6 Å². The first-order valence-corrected chi connectivity index (χ1v) is 14.9. The number of amidine groups is 1. The molecule has 1 amide bonds. The van der Waals surface area contributed by atoms with Crippen LogP contribution in [0.15, 0.2) is 58.4 Å². The predicted octanol–water partition coefficient (Wildman–Crippen LogP) is 5.18. The van der Waals surface area contributed by atoms with Gasteiger partial charge in [-0.1, -0.05) is 12.1 Å². The van der Waals surface area contributed by atoms with E-state index < -0.39 is 75.2 Å². The number of nitrogens with one attached hydrogen (secondary N) is 2. The number of amides is 1. The summed E-state index contributed by atoms with van der Waals surface area (Å²) in [5, 5.41) is 5.34. The number of carbonyl (C=O) groups excluding carboxylic acids is 1. The van der Waals surface area contributed by atoms with Gasteiger partial charge in [0.1, 0.15) is 17.7 Å². The Bertz CT molecular complexity index is 1520. The number of rotatable bonds is 9. The number of alkyl halides is 6. The average Bonchev–Trinajstić information content (AvgIpc) is 3.15. The molecule has 3 saturated carbocycles. The van der Waals surface area contributed by atoms with Crippen LogP contribution >= 0.6 is 0 Å². The summed E-state index contributed by atoms with van der Waals surface area (Å²) in [7, 11) is -4.23. The van der Waals surface area contributed by atoms with E-state index in [1.54, 1.807) is 13.8 Å². The Morgan fingerprint density at radius 3 is 2.12 bits per heavy atom. The molecule has 7 nitrogen and oxygen atoms in total. The molecule has 3 aliphatic carbocycles. The van der Waals surface area contributed by atoms with Crippen molar-refractivity contribution in [1.29, 1.82) is 0 Å². The van der Waals surface area contributed by atoms with Gasteiger partial charge in [-0.05, 0) is 75.1 Å². The highest BCUT2D eigenvalue weighted by Crippen LogP contribution is 2.71. The van der Waals surface area contributed by atoms with Crippen LogP contribution in [0.5, 0.6) is 0 Å². The van der Waals surface area contributed by atoms with Crippen molar-refractivity contribution in [3.63, 3.8) is 0 Å². The van der Waals surface area contributed by atoms with E-state index in [0.717, 1.165) is 36.4 Å². The van der Waals surface area contributed by atoms with Gasteiger partial charge in [0.2, 0.25) is 15.9 Å². The SMILES string of the molecule is CC1(C)N=C(C23CC(N(Cc4ccc(C(F)(F)F)cc4)S(=O)(=O)c4ccc(F)cc4)(C2)C3)N[C@@H]1C(=O)NCCC(F)(F)F. The molecule has 2 aromatic rings. The van der Waals surface area contributed by atoms with E-state index in [0.29, 0.717) is 30.7 Å². The second-order valence-corrected chi connectivity index (χ2v) is 13.9. The summed E-state index contributed by atoms with van der Waals surface area (Å²) in [4.78, 5) is 17.2. The second-order valence-electron chi connectivity index (χ2n) is 12.0. The van der Waals surface area contributed by atoms with E-state index in [9.17, 15) is 43.9 Å². The Morgan fingerprint density at radius 2 is 1.58 bits per heavy atom. The van der Waals surface area contributed by atoms with E-state index >= 15 is 0 Å². The van der Waals surface area contributed by atoms with Crippen LogP contribution in [0.1, 0.15) is 50.7 Å². The number of hydrogen-bond donors (Lipinski definition) is 2. The number of halogens is 7. The maximum absolute atomic E-state index is 13.8. The van der Waals surface area contributed by atoms with Crippen LogP contribution in [0.3, 0.4) is 0 Å². The molecule has 1 aliphatic heterocycles. The number of carbonyl (C=O) groups is 1. The maximum Gasteiger partial charge on any atom is 0.416 e. The fraction of sp³-hybridized carbons (Fsp3) is 0.500. The Kier molecular flexibility index (Phi) is 7.39. The highest BCUT2D eigenvalue weighted by atomic mass is 32.2. The summed E-state index contributed by atoms with van der Waals surface area (Å²) >= 11 is 0. The topological polar surface area (TPSA) is 90.9 Å². The molecule has 43 heavy (non-hydrogen) atoms. The minimum absolute atomic E-state index is 0.173. The fourth-order valence-corrected chi connectivity index (χ4v) is 8.00. The lowest BCUT2D eigenvalue weighted by atomic mass is 9.38. The summed E-state index contributed by atoms with van der Waals surface area (Å²) in [6, 6.07) is 7.50. The van der Waals surface area contributed by atoms with Gasteiger partial charge in [-0.3, -0.25) is 9.79 Å². The van der Waals surface area contributed by atoms with E-state index in [4.69, 9.17) is 0 Å². The lowest BCUT2D eigenvalue weighted by Crippen LogP contribution is -2.78. The van der Waals surface area contributed by atoms with Gasteiger partial charge in [0.25, 0.3) is 0 Å². The monoisotopic (exact) mass is 634 g/mol. The van der Waals surface area contributed by atoms with Crippen LogP contribution in [0.4, 0.5) is 30.7 Å². The third-order valence-corrected chi connectivity index (χ3v) is 10.4. The molecular weight excluding hydrogens is 605 g/mol. The van der Waals surface area contributed by atoms with Crippen LogP contribution in [-0.4, -0.2) is 54.3 Å². The molecule has 0 saturated heterocycles. The molecule has 1 heterocycles. The van der Waals surface area contributed by atoms with Crippen LogP contribution in [0.2, 0.25) is 0 Å². The minimum Gasteiger partial charge on any atom is -0.360 e. The fourth-order valence-electron chi connectivity index (χ4n) is 6.24. The highest BCUT2D eigenvalue weighted by molar-refractivity contribution is 7.89. The van der Waals surface area contributed by atoms with E-state index in [1.807, 2.05) is 0 Å². The summed E-state index contributed by atoms with van der Waals surface area (Å²) in [6.45, 7) is 2.51. The summed E-state index contributed by atoms with van der Waals surface area (Å²) < 4.78 is 119. The molecule has 2 bridgehead atoms. The number of nitrogens with zero attached hydrogens (tertiary/aromatic N) is 2. The molecule has 6 rings (SSSR count). The van der Waals surface area contributed by atoms with Crippen molar-refractivity contribution >= 4 is 21.8 Å². The quantitative estimate of drug-likeness (QED) is 0.373. The number of sulfonamides is 1. The Labute approximate surface area is 243 Å². The third-order valence-electron chi connectivity index (χ3n) is 8.40. The molecule has 15 heteroatoms. The van der Waals surface area contributed by atoms with Crippen molar-refractivity contribution in [3.05, 3.63) is 65.5 Å². The standard InChI is InChI=1S/C28H29F7N4O3S/c1-24(2)21(22(40)36-12-11-27(30,31)32)37-23(38-24)25-14-26(15-25,16-25)39(43(41,42)20-9-7-19(29)8-10-20)13-17-3-5-18(6-4-17)28(33,34)35/h3-10,21H,11-16H2,1-2H3,(H,36,40)(H,37,38)/t21-,25?,26?/m1/s1. The maximum atomic E-state index is 13.8. The molecule has 2 aromatic carbocycles. The zero-order valence-electron chi connectivity index (χ0n) is 23.1. The van der Waals surface area contributed by atoms with Crippen molar-refractivity contribution in [2.24, 2.45) is 10.4 Å². The summed E-state index contributed by atoms with van der Waals surface area (Å²) in [6.07, 6.45) is -9.27. The van der Waals surface area contributed by atoms with Gasteiger partial charge >= 0.3 is 12.4 Å². The van der Waals surface area contributed by atoms with Gasteiger partial charge < -0.3 is 10.6 Å². The molecule has 0 aromatic heterocycles. The van der Waals surface area contributed by atoms with E-state index in [-0.39, 0.29) is 11.4 Å². The predicted molar refractivity (Wildman–Crippen MR) is 142 cm³/mol.